The first kappa shape index (κ1) is 19.5. The average Bonchev–Trinajstić information content (AvgIpc) is 3.09. The van der Waals surface area contributed by atoms with E-state index in [1.54, 1.807) is 12.3 Å². The fraction of sp³-hybridized carbons (Fsp3) is 0.130. The summed E-state index contributed by atoms with van der Waals surface area (Å²) in [6.45, 7) is 6.01. The molecule has 3 aromatic carbocycles. The van der Waals surface area contributed by atoms with Crippen molar-refractivity contribution in [3.63, 3.8) is 0 Å². The van der Waals surface area contributed by atoms with E-state index in [0.29, 0.717) is 16.5 Å². The van der Waals surface area contributed by atoms with Crippen LogP contribution in [0, 0.1) is 20.8 Å². The quantitative estimate of drug-likeness (QED) is 0.354. The molecule has 0 spiro atoms. The van der Waals surface area contributed by atoms with Gasteiger partial charge < -0.3 is 9.52 Å². The highest BCUT2D eigenvalue weighted by Crippen LogP contribution is 2.33. The van der Waals surface area contributed by atoms with Crippen LogP contribution in [0.2, 0.25) is 10.0 Å². The predicted molar refractivity (Wildman–Crippen MR) is 119 cm³/mol. The molecule has 0 unspecified atom stereocenters. The summed E-state index contributed by atoms with van der Waals surface area (Å²) >= 11 is 12.0. The van der Waals surface area contributed by atoms with Crippen molar-refractivity contribution in [3.8, 4) is 17.2 Å². The van der Waals surface area contributed by atoms with Crippen molar-refractivity contribution >= 4 is 46.2 Å². The van der Waals surface area contributed by atoms with Crippen LogP contribution in [-0.2, 0) is 0 Å². The highest BCUT2D eigenvalue weighted by Gasteiger charge is 2.12. The fourth-order valence-electron chi connectivity index (χ4n) is 3.21. The van der Waals surface area contributed by atoms with Crippen molar-refractivity contribution in [3.05, 3.63) is 74.8 Å². The second-order valence-electron chi connectivity index (χ2n) is 7.03. The Morgan fingerprint density at radius 3 is 2.59 bits per heavy atom. The summed E-state index contributed by atoms with van der Waals surface area (Å²) < 4.78 is 6.01. The number of nitrogens with zero attached hydrogens (tertiary/aromatic N) is 2. The van der Waals surface area contributed by atoms with Crippen molar-refractivity contribution in [2.75, 3.05) is 0 Å². The topological polar surface area (TPSA) is 58.6 Å². The minimum absolute atomic E-state index is 0.0570. The van der Waals surface area contributed by atoms with Gasteiger partial charge in [0.25, 0.3) is 0 Å². The Balaban J connectivity index is 1.75. The smallest absolute Gasteiger partial charge is 0.227 e. The van der Waals surface area contributed by atoms with E-state index in [-0.39, 0.29) is 10.8 Å². The molecule has 1 aromatic heterocycles. The zero-order valence-corrected chi connectivity index (χ0v) is 17.6. The Hall–Kier alpha value is -2.82. The van der Waals surface area contributed by atoms with Crippen molar-refractivity contribution in [2.24, 2.45) is 4.99 Å². The maximum Gasteiger partial charge on any atom is 0.227 e. The number of phenols is 1. The van der Waals surface area contributed by atoms with E-state index in [0.717, 1.165) is 39.0 Å². The summed E-state index contributed by atoms with van der Waals surface area (Å²) in [5.74, 6) is 0.484. The fourth-order valence-corrected chi connectivity index (χ4v) is 3.71. The Morgan fingerprint density at radius 2 is 1.79 bits per heavy atom. The van der Waals surface area contributed by atoms with Crippen LogP contribution in [-0.4, -0.2) is 16.3 Å². The molecule has 1 N–H and O–H groups in total. The molecule has 0 bridgehead atoms. The third-order valence-electron chi connectivity index (χ3n) is 4.68. The van der Waals surface area contributed by atoms with Gasteiger partial charge in [-0.2, -0.15) is 0 Å². The van der Waals surface area contributed by atoms with Crippen LogP contribution in [0.15, 0.2) is 51.9 Å². The maximum absolute atomic E-state index is 10.1. The molecule has 0 amide bonds. The van der Waals surface area contributed by atoms with Crippen LogP contribution in [0.3, 0.4) is 0 Å². The number of aromatic nitrogens is 1. The monoisotopic (exact) mass is 424 g/mol. The first-order valence-electron chi connectivity index (χ1n) is 9.02. The van der Waals surface area contributed by atoms with Crippen molar-refractivity contribution < 1.29 is 9.52 Å². The van der Waals surface area contributed by atoms with E-state index in [1.807, 2.05) is 45.0 Å². The van der Waals surface area contributed by atoms with Gasteiger partial charge in [-0.15, -0.1) is 0 Å². The van der Waals surface area contributed by atoms with Crippen LogP contribution in [0.4, 0.5) is 5.69 Å². The molecule has 146 valence electrons. The van der Waals surface area contributed by atoms with Gasteiger partial charge in [-0.05, 0) is 67.8 Å². The van der Waals surface area contributed by atoms with Crippen LogP contribution in [0.1, 0.15) is 22.3 Å². The third-order valence-corrected chi connectivity index (χ3v) is 5.18. The molecular weight excluding hydrogens is 407 g/mol. The zero-order valence-electron chi connectivity index (χ0n) is 16.1. The lowest BCUT2D eigenvalue weighted by molar-refractivity contribution is 0.475. The number of hydrogen-bond acceptors (Lipinski definition) is 4. The molecule has 0 fully saturated rings. The molecule has 6 heteroatoms. The lowest BCUT2D eigenvalue weighted by Crippen LogP contribution is -1.85. The highest BCUT2D eigenvalue weighted by atomic mass is 35.5. The van der Waals surface area contributed by atoms with Crippen molar-refractivity contribution in [1.29, 1.82) is 0 Å². The number of benzene rings is 3. The Labute approximate surface area is 178 Å². The van der Waals surface area contributed by atoms with Gasteiger partial charge >= 0.3 is 0 Å². The standard InChI is InChI=1S/C23H18Cl2N2O2/c1-12-6-14(3)22-20(7-12)27-23(29-22)15-5-4-13(2)19(9-15)26-11-16-8-17(24)10-18(25)21(16)28/h4-11,28H,1-3H3. The lowest BCUT2D eigenvalue weighted by Gasteiger charge is -2.05. The maximum atomic E-state index is 10.1. The molecule has 0 saturated heterocycles. The van der Waals surface area contributed by atoms with Crippen LogP contribution in [0.25, 0.3) is 22.6 Å². The minimum atomic E-state index is -0.0570. The van der Waals surface area contributed by atoms with E-state index < -0.39 is 0 Å². The molecule has 0 radical (unpaired) electrons. The number of halogens is 2. The van der Waals surface area contributed by atoms with Crippen LogP contribution < -0.4 is 0 Å². The van der Waals surface area contributed by atoms with Gasteiger partial charge in [0, 0.05) is 22.4 Å². The first-order valence-corrected chi connectivity index (χ1v) is 9.78. The van der Waals surface area contributed by atoms with Gasteiger partial charge in [-0.1, -0.05) is 35.3 Å². The summed E-state index contributed by atoms with van der Waals surface area (Å²) in [6.07, 6.45) is 1.54. The first-order chi connectivity index (χ1) is 13.8. The summed E-state index contributed by atoms with van der Waals surface area (Å²) in [6, 6.07) is 13.0. The van der Waals surface area contributed by atoms with Gasteiger partial charge in [0.1, 0.15) is 11.3 Å². The second kappa shape index (κ2) is 7.54. The molecule has 4 aromatic rings. The van der Waals surface area contributed by atoms with Gasteiger partial charge in [-0.25, -0.2) is 4.98 Å². The molecule has 4 rings (SSSR count). The van der Waals surface area contributed by atoms with Crippen LogP contribution >= 0.6 is 23.2 Å². The second-order valence-corrected chi connectivity index (χ2v) is 7.88. The Bertz CT molecular complexity index is 1280. The molecule has 0 saturated carbocycles. The Morgan fingerprint density at radius 1 is 1.00 bits per heavy atom. The number of hydrogen-bond donors (Lipinski definition) is 1. The number of fused-ring (bicyclic) bond motifs is 1. The molecule has 29 heavy (non-hydrogen) atoms. The van der Waals surface area contributed by atoms with Crippen LogP contribution in [0.5, 0.6) is 5.75 Å². The molecule has 0 atom stereocenters. The molecule has 0 aliphatic heterocycles. The lowest BCUT2D eigenvalue weighted by atomic mass is 10.1. The van der Waals surface area contributed by atoms with E-state index in [1.165, 1.54) is 6.07 Å². The number of aliphatic imine (C=N–C) groups is 1. The highest BCUT2D eigenvalue weighted by molar-refractivity contribution is 6.36. The average molecular weight is 425 g/mol. The van der Waals surface area contributed by atoms with Gasteiger partial charge in [0.2, 0.25) is 5.89 Å². The van der Waals surface area contributed by atoms with Crippen molar-refractivity contribution in [1.82, 2.24) is 4.98 Å². The molecule has 0 aliphatic rings. The largest absolute Gasteiger partial charge is 0.506 e. The summed E-state index contributed by atoms with van der Waals surface area (Å²) in [5, 5.41) is 10.7. The van der Waals surface area contributed by atoms with Gasteiger partial charge in [0.15, 0.2) is 5.58 Å². The number of oxazole rings is 1. The molecule has 1 heterocycles. The zero-order chi connectivity index (χ0) is 20.7. The van der Waals surface area contributed by atoms with Gasteiger partial charge in [-0.3, -0.25) is 4.99 Å². The minimum Gasteiger partial charge on any atom is -0.506 e. The molecule has 4 nitrogen and oxygen atoms in total. The Kier molecular flexibility index (Phi) is 5.07. The number of rotatable bonds is 3. The molecular formula is C23H18Cl2N2O2. The number of phenolic OH excluding ortho intramolecular Hbond substituents is 1. The molecule has 0 aliphatic carbocycles. The summed E-state index contributed by atoms with van der Waals surface area (Å²) in [7, 11) is 0. The SMILES string of the molecule is Cc1cc(C)c2oc(-c3ccc(C)c(N=Cc4cc(Cl)cc(Cl)c4O)c3)nc2c1. The predicted octanol–water partition coefficient (Wildman–Crippen LogP) is 7.18. The third kappa shape index (κ3) is 3.86. The van der Waals surface area contributed by atoms with E-state index in [4.69, 9.17) is 27.6 Å². The van der Waals surface area contributed by atoms with Crippen molar-refractivity contribution in [2.45, 2.75) is 20.8 Å². The van der Waals surface area contributed by atoms with E-state index in [9.17, 15) is 5.11 Å². The summed E-state index contributed by atoms with van der Waals surface area (Å²) in [5.41, 5.74) is 6.79. The normalized spacial score (nSPS) is 11.6. The number of aromatic hydroxyl groups is 1. The summed E-state index contributed by atoms with van der Waals surface area (Å²) in [4.78, 5) is 9.16. The van der Waals surface area contributed by atoms with Gasteiger partial charge in [0.05, 0.1) is 10.7 Å². The van der Waals surface area contributed by atoms with E-state index >= 15 is 0 Å². The number of aryl methyl sites for hydroxylation is 3. The van der Waals surface area contributed by atoms with E-state index in [2.05, 4.69) is 16.0 Å².